The third kappa shape index (κ3) is 3.05. The Morgan fingerprint density at radius 3 is 2.46 bits per heavy atom. The SMILES string of the molecule is CN1NC(c2ccccc2)=C(C#N)C(=O)C[C@H]1c1ccc(F)cc1. The second-order valence-corrected chi connectivity index (χ2v) is 5.65. The van der Waals surface area contributed by atoms with Crippen molar-refractivity contribution < 1.29 is 9.18 Å². The minimum atomic E-state index is -0.324. The first-order valence-electron chi connectivity index (χ1n) is 7.58. The molecule has 0 amide bonds. The zero-order valence-electron chi connectivity index (χ0n) is 13.2. The number of rotatable bonds is 2. The summed E-state index contributed by atoms with van der Waals surface area (Å²) < 4.78 is 13.2. The van der Waals surface area contributed by atoms with Gasteiger partial charge in [0, 0.05) is 19.0 Å². The molecule has 0 unspecified atom stereocenters. The number of allylic oxidation sites excluding steroid dienone is 1. The number of carbonyl (C=O) groups excluding carboxylic acids is 1. The number of halogens is 1. The van der Waals surface area contributed by atoms with E-state index in [-0.39, 0.29) is 29.6 Å². The topological polar surface area (TPSA) is 56.1 Å². The van der Waals surface area contributed by atoms with Crippen LogP contribution in [-0.4, -0.2) is 17.8 Å². The quantitative estimate of drug-likeness (QED) is 0.923. The normalized spacial score (nSPS) is 18.7. The van der Waals surface area contributed by atoms with Crippen LogP contribution < -0.4 is 5.43 Å². The van der Waals surface area contributed by atoms with E-state index in [1.54, 1.807) is 17.1 Å². The van der Waals surface area contributed by atoms with Crippen LogP contribution in [0, 0.1) is 17.1 Å². The third-order valence-corrected chi connectivity index (χ3v) is 4.09. The van der Waals surface area contributed by atoms with Crippen molar-refractivity contribution >= 4 is 11.5 Å². The van der Waals surface area contributed by atoms with Crippen LogP contribution in [0.2, 0.25) is 0 Å². The molecule has 1 atom stereocenters. The van der Waals surface area contributed by atoms with Crippen molar-refractivity contribution in [1.82, 2.24) is 10.4 Å². The van der Waals surface area contributed by atoms with Crippen molar-refractivity contribution in [2.24, 2.45) is 0 Å². The Balaban J connectivity index is 2.00. The zero-order chi connectivity index (χ0) is 17.1. The van der Waals surface area contributed by atoms with Crippen LogP contribution in [0.15, 0.2) is 60.2 Å². The summed E-state index contributed by atoms with van der Waals surface area (Å²) in [4.78, 5) is 12.6. The monoisotopic (exact) mass is 321 g/mol. The largest absolute Gasteiger partial charge is 0.317 e. The molecular formula is C19H16FN3O. The number of nitriles is 1. The summed E-state index contributed by atoms with van der Waals surface area (Å²) in [5.41, 5.74) is 5.35. The summed E-state index contributed by atoms with van der Waals surface area (Å²) in [7, 11) is 1.81. The number of hydrogen-bond acceptors (Lipinski definition) is 4. The van der Waals surface area contributed by atoms with Crippen LogP contribution in [0.4, 0.5) is 4.39 Å². The molecule has 1 aliphatic rings. The third-order valence-electron chi connectivity index (χ3n) is 4.09. The van der Waals surface area contributed by atoms with Gasteiger partial charge in [-0.3, -0.25) is 4.79 Å². The van der Waals surface area contributed by atoms with Gasteiger partial charge in [-0.15, -0.1) is 0 Å². The van der Waals surface area contributed by atoms with Crippen molar-refractivity contribution in [3.63, 3.8) is 0 Å². The molecule has 2 aromatic rings. The second kappa shape index (κ2) is 6.65. The molecule has 0 spiro atoms. The molecular weight excluding hydrogens is 305 g/mol. The van der Waals surface area contributed by atoms with Gasteiger partial charge in [0.2, 0.25) is 0 Å². The molecule has 120 valence electrons. The molecule has 2 aromatic carbocycles. The maximum Gasteiger partial charge on any atom is 0.177 e. The molecule has 0 saturated carbocycles. The number of Topliss-reactive ketones (excluding diaryl/α,β-unsaturated/α-hetero) is 1. The number of hydrazine groups is 1. The van der Waals surface area contributed by atoms with Gasteiger partial charge < -0.3 is 5.43 Å². The summed E-state index contributed by atoms with van der Waals surface area (Å²) in [5, 5.41) is 11.3. The van der Waals surface area contributed by atoms with Gasteiger partial charge in [-0.2, -0.15) is 5.26 Å². The molecule has 4 nitrogen and oxygen atoms in total. The summed E-state index contributed by atoms with van der Waals surface area (Å²) in [6.07, 6.45) is 0.147. The number of hydrogen-bond donors (Lipinski definition) is 1. The van der Waals surface area contributed by atoms with E-state index in [0.29, 0.717) is 5.70 Å². The summed E-state index contributed by atoms with van der Waals surface area (Å²) in [5.74, 6) is -0.558. The Labute approximate surface area is 139 Å². The highest BCUT2D eigenvalue weighted by molar-refractivity contribution is 6.06. The maximum atomic E-state index is 13.2. The van der Waals surface area contributed by atoms with Crippen molar-refractivity contribution in [2.75, 3.05) is 7.05 Å². The number of ketones is 1. The van der Waals surface area contributed by atoms with Gasteiger partial charge in [0.15, 0.2) is 5.78 Å². The van der Waals surface area contributed by atoms with Gasteiger partial charge in [0.1, 0.15) is 17.5 Å². The van der Waals surface area contributed by atoms with Crippen molar-refractivity contribution in [1.29, 1.82) is 5.26 Å². The average molecular weight is 321 g/mol. The minimum Gasteiger partial charge on any atom is -0.317 e. The first kappa shape index (κ1) is 15.9. The first-order valence-corrected chi connectivity index (χ1v) is 7.58. The van der Waals surface area contributed by atoms with Gasteiger partial charge in [-0.05, 0) is 17.7 Å². The van der Waals surface area contributed by atoms with E-state index in [9.17, 15) is 14.4 Å². The average Bonchev–Trinajstić information content (AvgIpc) is 2.73. The van der Waals surface area contributed by atoms with E-state index in [1.165, 1.54) is 12.1 Å². The Morgan fingerprint density at radius 1 is 1.17 bits per heavy atom. The molecule has 1 heterocycles. The van der Waals surface area contributed by atoms with E-state index in [1.807, 2.05) is 43.4 Å². The van der Waals surface area contributed by atoms with Crippen LogP contribution >= 0.6 is 0 Å². The van der Waals surface area contributed by atoms with Crippen LogP contribution in [0.3, 0.4) is 0 Å². The van der Waals surface area contributed by atoms with Gasteiger partial charge in [-0.1, -0.05) is 42.5 Å². The minimum absolute atomic E-state index is 0.109. The highest BCUT2D eigenvalue weighted by Crippen LogP contribution is 2.30. The maximum absolute atomic E-state index is 13.2. The molecule has 0 saturated heterocycles. The van der Waals surface area contributed by atoms with Crippen molar-refractivity contribution in [3.05, 3.63) is 77.1 Å². The van der Waals surface area contributed by atoms with Gasteiger partial charge in [-0.25, -0.2) is 9.40 Å². The van der Waals surface area contributed by atoms with E-state index in [2.05, 4.69) is 5.43 Å². The lowest BCUT2D eigenvalue weighted by Gasteiger charge is -2.27. The highest BCUT2D eigenvalue weighted by atomic mass is 19.1. The van der Waals surface area contributed by atoms with Crippen LogP contribution in [0.25, 0.3) is 5.70 Å². The molecule has 0 bridgehead atoms. The Bertz CT molecular complexity index is 822. The zero-order valence-corrected chi connectivity index (χ0v) is 13.2. The fraction of sp³-hybridized carbons (Fsp3) is 0.158. The molecule has 24 heavy (non-hydrogen) atoms. The first-order chi connectivity index (χ1) is 11.6. The second-order valence-electron chi connectivity index (χ2n) is 5.65. The number of carbonyl (C=O) groups is 1. The van der Waals surface area contributed by atoms with Gasteiger partial charge in [0.25, 0.3) is 0 Å². The fourth-order valence-corrected chi connectivity index (χ4v) is 2.82. The van der Waals surface area contributed by atoms with Gasteiger partial charge >= 0.3 is 0 Å². The molecule has 5 heteroatoms. The molecule has 0 fully saturated rings. The Morgan fingerprint density at radius 2 is 1.83 bits per heavy atom. The summed E-state index contributed by atoms with van der Waals surface area (Å²) in [6.45, 7) is 0. The van der Waals surface area contributed by atoms with Crippen LogP contribution in [0.5, 0.6) is 0 Å². The van der Waals surface area contributed by atoms with Crippen LogP contribution in [-0.2, 0) is 4.79 Å². The smallest absolute Gasteiger partial charge is 0.177 e. The van der Waals surface area contributed by atoms with Gasteiger partial charge in [0.05, 0.1) is 11.7 Å². The molecule has 1 aliphatic heterocycles. The van der Waals surface area contributed by atoms with E-state index in [0.717, 1.165) is 11.1 Å². The summed E-state index contributed by atoms with van der Waals surface area (Å²) >= 11 is 0. The molecule has 0 radical (unpaired) electrons. The number of nitrogens with zero attached hydrogens (tertiary/aromatic N) is 2. The van der Waals surface area contributed by atoms with Crippen LogP contribution in [0.1, 0.15) is 23.6 Å². The lowest BCUT2D eigenvalue weighted by atomic mass is 9.97. The predicted octanol–water partition coefficient (Wildman–Crippen LogP) is 3.21. The molecule has 1 N–H and O–H groups in total. The van der Waals surface area contributed by atoms with Crippen molar-refractivity contribution in [3.8, 4) is 6.07 Å². The highest BCUT2D eigenvalue weighted by Gasteiger charge is 2.29. The Kier molecular flexibility index (Phi) is 4.41. The van der Waals surface area contributed by atoms with E-state index in [4.69, 9.17) is 0 Å². The standard InChI is InChI=1S/C19H16FN3O/c1-23-17(13-7-9-15(20)10-8-13)11-18(24)16(12-21)19(22-23)14-5-3-2-4-6-14/h2-10,17,22H,11H2,1H3/t17-/m0/s1. The number of benzene rings is 2. The number of nitrogens with one attached hydrogen (secondary N) is 1. The molecule has 0 aliphatic carbocycles. The Hall–Kier alpha value is -2.97. The van der Waals surface area contributed by atoms with Crippen molar-refractivity contribution in [2.45, 2.75) is 12.5 Å². The lowest BCUT2D eigenvalue weighted by molar-refractivity contribution is -0.116. The summed E-state index contributed by atoms with van der Waals surface area (Å²) in [6, 6.07) is 17.1. The molecule has 0 aromatic heterocycles. The van der Waals surface area contributed by atoms with E-state index < -0.39 is 0 Å². The molecule has 3 rings (SSSR count). The predicted molar refractivity (Wildman–Crippen MR) is 88.6 cm³/mol. The fourth-order valence-electron chi connectivity index (χ4n) is 2.82. The lowest BCUT2D eigenvalue weighted by Crippen LogP contribution is -2.35. The van der Waals surface area contributed by atoms with E-state index >= 15 is 0 Å².